The number of benzene rings is 1. The van der Waals surface area contributed by atoms with E-state index in [1.165, 1.54) is 26.2 Å². The van der Waals surface area contributed by atoms with Gasteiger partial charge >= 0.3 is 5.69 Å². The highest BCUT2D eigenvalue weighted by molar-refractivity contribution is 6.04. The van der Waals surface area contributed by atoms with Crippen LogP contribution in [0.3, 0.4) is 0 Å². The number of carbonyl (C=O) groups is 1. The molecule has 0 saturated heterocycles. The summed E-state index contributed by atoms with van der Waals surface area (Å²) in [6, 6.07) is 4.73. The number of hydrazone groups is 1. The Morgan fingerprint density at radius 2 is 1.97 bits per heavy atom. The van der Waals surface area contributed by atoms with E-state index in [4.69, 9.17) is 9.47 Å². The summed E-state index contributed by atoms with van der Waals surface area (Å²) in [7, 11) is 3.04. The maximum Gasteiger partial charge on any atom is 0.331 e. The third-order valence-corrected chi connectivity index (χ3v) is 5.22. The van der Waals surface area contributed by atoms with Crippen molar-refractivity contribution in [2.24, 2.45) is 5.10 Å². The third-order valence-electron chi connectivity index (χ3n) is 5.22. The van der Waals surface area contributed by atoms with Crippen molar-refractivity contribution in [3.05, 3.63) is 50.2 Å². The minimum absolute atomic E-state index is 0.107. The maximum atomic E-state index is 12.5. The number of methoxy groups -OCH3 is 2. The molecule has 1 aromatic heterocycles. The number of nitrogens with one attached hydrogen (secondary N) is 1. The first-order valence-electron chi connectivity index (χ1n) is 9.98. The van der Waals surface area contributed by atoms with E-state index >= 15 is 0 Å². The zero-order valence-corrected chi connectivity index (χ0v) is 18.0. The van der Waals surface area contributed by atoms with Gasteiger partial charge in [0.25, 0.3) is 5.56 Å². The fraction of sp³-hybridized carbons (Fsp3) is 0.429. The highest BCUT2D eigenvalue weighted by Crippen LogP contribution is 2.37. The number of rotatable bonds is 7. The monoisotopic (exact) mass is 430 g/mol. The molecule has 10 heteroatoms. The molecule has 2 N–H and O–H groups in total. The molecule has 10 nitrogen and oxygen atoms in total. The fourth-order valence-corrected chi connectivity index (χ4v) is 3.61. The molecule has 2 aromatic rings. The number of unbranched alkanes of at least 4 members (excludes halogenated alkanes) is 1. The van der Waals surface area contributed by atoms with Crippen LogP contribution in [0.5, 0.6) is 17.4 Å². The lowest BCUT2D eigenvalue weighted by Gasteiger charge is -2.21. The molecule has 2 heterocycles. The smallest absolute Gasteiger partial charge is 0.331 e. The van der Waals surface area contributed by atoms with Gasteiger partial charge in [0.2, 0.25) is 11.8 Å². The van der Waals surface area contributed by atoms with Gasteiger partial charge in [-0.15, -0.1) is 0 Å². The topological polar surface area (TPSA) is 126 Å². The van der Waals surface area contributed by atoms with Gasteiger partial charge in [-0.1, -0.05) is 19.4 Å². The first-order valence-corrected chi connectivity index (χ1v) is 9.98. The highest BCUT2D eigenvalue weighted by atomic mass is 16.5. The molecule has 31 heavy (non-hydrogen) atoms. The fourth-order valence-electron chi connectivity index (χ4n) is 3.61. The summed E-state index contributed by atoms with van der Waals surface area (Å²) in [6.07, 6.45) is 1.64. The zero-order valence-electron chi connectivity index (χ0n) is 18.0. The number of amides is 1. The van der Waals surface area contributed by atoms with Crippen molar-refractivity contribution in [3.63, 3.8) is 0 Å². The predicted molar refractivity (Wildman–Crippen MR) is 114 cm³/mol. The van der Waals surface area contributed by atoms with Crippen molar-refractivity contribution in [1.29, 1.82) is 0 Å². The molecule has 166 valence electrons. The molecule has 0 spiro atoms. The van der Waals surface area contributed by atoms with Crippen molar-refractivity contribution in [3.8, 4) is 17.4 Å². The van der Waals surface area contributed by atoms with Gasteiger partial charge in [0.05, 0.1) is 26.0 Å². The van der Waals surface area contributed by atoms with Crippen LogP contribution in [-0.2, 0) is 11.3 Å². The van der Waals surface area contributed by atoms with Crippen LogP contribution in [0.1, 0.15) is 50.3 Å². The predicted octanol–water partition coefficient (Wildman–Crippen LogP) is 1.76. The average molecular weight is 430 g/mol. The van der Waals surface area contributed by atoms with Crippen LogP contribution in [0.2, 0.25) is 0 Å². The first-order chi connectivity index (χ1) is 14.8. The number of carbonyl (C=O) groups excluding carboxylic acids is 1. The number of nitrogens with zero attached hydrogens (tertiary/aromatic N) is 3. The van der Waals surface area contributed by atoms with Crippen LogP contribution in [0.4, 0.5) is 0 Å². The van der Waals surface area contributed by atoms with Crippen LogP contribution in [0, 0.1) is 0 Å². The van der Waals surface area contributed by atoms with Crippen LogP contribution in [0.25, 0.3) is 0 Å². The van der Waals surface area contributed by atoms with E-state index in [1.807, 2.05) is 6.92 Å². The van der Waals surface area contributed by atoms with Gasteiger partial charge in [0.1, 0.15) is 5.56 Å². The molecule has 1 atom stereocenters. The Morgan fingerprint density at radius 1 is 1.26 bits per heavy atom. The van der Waals surface area contributed by atoms with Gasteiger partial charge in [-0.2, -0.15) is 5.10 Å². The molecule has 0 saturated carbocycles. The van der Waals surface area contributed by atoms with Crippen molar-refractivity contribution < 1.29 is 19.4 Å². The minimum Gasteiger partial charge on any atom is -0.494 e. The second-order valence-electron chi connectivity index (χ2n) is 7.21. The standard InChI is InChI=1S/C21H26N4O6/c1-5-6-9-24-20(28)18(19(27)22-21(24)29)14-11-15(25(23-14)12(2)26)13-7-8-16(30-3)17(10-13)31-4/h7-8,10,15,28H,5-6,9,11H2,1-4H3,(H,22,27,29). The minimum atomic E-state index is -0.745. The number of hydrogen-bond acceptors (Lipinski definition) is 7. The quantitative estimate of drug-likeness (QED) is 0.689. The molecule has 1 aliphatic heterocycles. The summed E-state index contributed by atoms with van der Waals surface area (Å²) in [5, 5.41) is 16.3. The Labute approximate surface area is 178 Å². The molecule has 0 aliphatic carbocycles. The van der Waals surface area contributed by atoms with Gasteiger partial charge < -0.3 is 14.6 Å². The number of aromatic amines is 1. The van der Waals surface area contributed by atoms with Gasteiger partial charge in [0.15, 0.2) is 11.5 Å². The summed E-state index contributed by atoms with van der Waals surface area (Å²) in [5.41, 5.74) is -0.589. The SMILES string of the molecule is CCCCn1c(O)c(C2=NN(C(C)=O)C(c3ccc(OC)c(OC)c3)C2)c(=O)[nH]c1=O. The molecule has 1 amide bonds. The van der Waals surface area contributed by atoms with Crippen LogP contribution < -0.4 is 20.7 Å². The number of aromatic hydroxyl groups is 1. The summed E-state index contributed by atoms with van der Waals surface area (Å²) in [4.78, 5) is 39.2. The molecule has 0 bridgehead atoms. The van der Waals surface area contributed by atoms with E-state index in [9.17, 15) is 19.5 Å². The lowest BCUT2D eigenvalue weighted by atomic mass is 9.98. The second kappa shape index (κ2) is 9.07. The van der Waals surface area contributed by atoms with Crippen molar-refractivity contribution >= 4 is 11.6 Å². The summed E-state index contributed by atoms with van der Waals surface area (Å²) >= 11 is 0. The summed E-state index contributed by atoms with van der Waals surface area (Å²) in [6.45, 7) is 3.58. The highest BCUT2D eigenvalue weighted by Gasteiger charge is 2.34. The van der Waals surface area contributed by atoms with Crippen LogP contribution in [0.15, 0.2) is 32.9 Å². The van der Waals surface area contributed by atoms with E-state index in [-0.39, 0.29) is 30.1 Å². The van der Waals surface area contributed by atoms with Crippen molar-refractivity contribution in [2.45, 2.75) is 45.7 Å². The Hall–Kier alpha value is -3.56. The molecule has 1 aliphatic rings. The van der Waals surface area contributed by atoms with Gasteiger partial charge in [-0.3, -0.25) is 19.1 Å². The Balaban J connectivity index is 2.06. The molecule has 0 radical (unpaired) electrons. The van der Waals surface area contributed by atoms with Crippen LogP contribution >= 0.6 is 0 Å². The Bertz CT molecular complexity index is 1130. The lowest BCUT2D eigenvalue weighted by molar-refractivity contribution is -0.130. The maximum absolute atomic E-state index is 12.5. The van der Waals surface area contributed by atoms with Gasteiger partial charge in [-0.05, 0) is 24.1 Å². The van der Waals surface area contributed by atoms with E-state index in [1.54, 1.807) is 18.2 Å². The molecule has 0 fully saturated rings. The van der Waals surface area contributed by atoms with Crippen LogP contribution in [-0.4, -0.2) is 45.5 Å². The normalized spacial score (nSPS) is 15.7. The largest absolute Gasteiger partial charge is 0.494 e. The molecule has 1 unspecified atom stereocenters. The summed E-state index contributed by atoms with van der Waals surface area (Å²) < 4.78 is 11.7. The second-order valence-corrected chi connectivity index (χ2v) is 7.21. The summed E-state index contributed by atoms with van der Waals surface area (Å²) in [5.74, 6) is 0.255. The molecular weight excluding hydrogens is 404 g/mol. The number of hydrogen-bond donors (Lipinski definition) is 2. The lowest BCUT2D eigenvalue weighted by Crippen LogP contribution is -2.33. The number of ether oxygens (including phenoxy) is 2. The van der Waals surface area contributed by atoms with Gasteiger partial charge in [-0.25, -0.2) is 9.80 Å². The van der Waals surface area contributed by atoms with E-state index in [0.717, 1.165) is 16.6 Å². The number of H-pyrrole nitrogens is 1. The Morgan fingerprint density at radius 3 is 2.58 bits per heavy atom. The zero-order chi connectivity index (χ0) is 22.7. The van der Waals surface area contributed by atoms with Crippen molar-refractivity contribution in [2.75, 3.05) is 14.2 Å². The van der Waals surface area contributed by atoms with Crippen molar-refractivity contribution in [1.82, 2.24) is 14.6 Å². The third kappa shape index (κ3) is 4.18. The first kappa shape index (κ1) is 22.1. The molecule has 1 aromatic carbocycles. The Kier molecular flexibility index (Phi) is 6.47. The van der Waals surface area contributed by atoms with E-state index in [2.05, 4.69) is 10.1 Å². The molecular formula is C21H26N4O6. The van der Waals surface area contributed by atoms with E-state index < -0.39 is 23.2 Å². The molecule has 3 rings (SSSR count). The van der Waals surface area contributed by atoms with Gasteiger partial charge in [0, 0.05) is 19.9 Å². The number of aromatic nitrogens is 2. The van der Waals surface area contributed by atoms with E-state index in [0.29, 0.717) is 17.9 Å². The average Bonchev–Trinajstić information content (AvgIpc) is 3.18.